The number of nitrogens with one attached hydrogen (secondary N) is 2. The fraction of sp³-hybridized carbons (Fsp3) is 0.200. The Hall–Kier alpha value is -3.65. The molecule has 3 rings (SSSR count). The van der Waals surface area contributed by atoms with Gasteiger partial charge in [-0.2, -0.15) is 0 Å². The van der Waals surface area contributed by atoms with Crippen molar-refractivity contribution in [3.05, 3.63) is 93.5 Å². The molecule has 0 spiro atoms. The molecule has 1 atom stereocenters. The zero-order valence-electron chi connectivity index (χ0n) is 18.6. The fourth-order valence-electron chi connectivity index (χ4n) is 3.34. The molecule has 0 aliphatic heterocycles. The molecular formula is C25H25N3O4S. The third-order valence-corrected chi connectivity index (χ3v) is 6.22. The SMILES string of the molecule is CCC(Sc1cccc(NC(=O)c2ccc([N+](=O)[O-])cc2)c1)C(=O)Nc1cc(C)cc(C)c1. The van der Waals surface area contributed by atoms with Gasteiger partial charge in [0.25, 0.3) is 11.6 Å². The molecule has 170 valence electrons. The van der Waals surface area contributed by atoms with E-state index in [1.165, 1.54) is 36.0 Å². The van der Waals surface area contributed by atoms with Crippen LogP contribution in [0.15, 0.2) is 71.6 Å². The predicted molar refractivity (Wildman–Crippen MR) is 132 cm³/mol. The summed E-state index contributed by atoms with van der Waals surface area (Å²) in [5.74, 6) is -0.445. The summed E-state index contributed by atoms with van der Waals surface area (Å²) < 4.78 is 0. The summed E-state index contributed by atoms with van der Waals surface area (Å²) in [5, 5.41) is 16.3. The first-order valence-corrected chi connectivity index (χ1v) is 11.3. The van der Waals surface area contributed by atoms with Crippen LogP contribution in [0.5, 0.6) is 0 Å². The van der Waals surface area contributed by atoms with Crippen molar-refractivity contribution in [2.24, 2.45) is 0 Å². The van der Waals surface area contributed by atoms with Crippen molar-refractivity contribution in [2.45, 2.75) is 37.3 Å². The lowest BCUT2D eigenvalue weighted by molar-refractivity contribution is -0.384. The number of carbonyl (C=O) groups is 2. The van der Waals surface area contributed by atoms with Gasteiger partial charge in [0.05, 0.1) is 10.2 Å². The minimum absolute atomic E-state index is 0.0744. The van der Waals surface area contributed by atoms with Crippen LogP contribution in [0.3, 0.4) is 0 Å². The van der Waals surface area contributed by atoms with Crippen LogP contribution in [0.1, 0.15) is 34.8 Å². The van der Waals surface area contributed by atoms with Crippen LogP contribution >= 0.6 is 11.8 Å². The maximum absolute atomic E-state index is 12.8. The number of non-ortho nitro benzene ring substituents is 1. The minimum Gasteiger partial charge on any atom is -0.325 e. The van der Waals surface area contributed by atoms with Crippen LogP contribution in [-0.2, 0) is 4.79 Å². The van der Waals surface area contributed by atoms with Crippen molar-refractivity contribution >= 4 is 40.6 Å². The number of benzene rings is 3. The number of nitro benzene ring substituents is 1. The molecule has 0 aliphatic rings. The van der Waals surface area contributed by atoms with Gasteiger partial charge in [0.2, 0.25) is 5.91 Å². The van der Waals surface area contributed by atoms with Crippen molar-refractivity contribution in [3.63, 3.8) is 0 Å². The number of thioether (sulfide) groups is 1. The zero-order valence-corrected chi connectivity index (χ0v) is 19.4. The summed E-state index contributed by atoms with van der Waals surface area (Å²) in [6.07, 6.45) is 0.640. The van der Waals surface area contributed by atoms with E-state index in [9.17, 15) is 19.7 Å². The molecular weight excluding hydrogens is 438 g/mol. The number of hydrogen-bond donors (Lipinski definition) is 2. The Labute approximate surface area is 196 Å². The second-order valence-electron chi connectivity index (χ2n) is 7.67. The first-order chi connectivity index (χ1) is 15.7. The Balaban J connectivity index is 1.66. The molecule has 0 heterocycles. The number of anilines is 2. The van der Waals surface area contributed by atoms with E-state index in [2.05, 4.69) is 16.7 Å². The van der Waals surface area contributed by atoms with Crippen molar-refractivity contribution in [2.75, 3.05) is 10.6 Å². The van der Waals surface area contributed by atoms with E-state index < -0.39 is 4.92 Å². The minimum atomic E-state index is -0.511. The summed E-state index contributed by atoms with van der Waals surface area (Å²) in [6, 6.07) is 18.6. The van der Waals surface area contributed by atoms with Crippen molar-refractivity contribution < 1.29 is 14.5 Å². The Morgan fingerprint density at radius 1 is 0.939 bits per heavy atom. The first-order valence-electron chi connectivity index (χ1n) is 10.5. The molecule has 0 saturated heterocycles. The molecule has 0 radical (unpaired) electrons. The monoisotopic (exact) mass is 463 g/mol. The van der Waals surface area contributed by atoms with E-state index in [1.807, 2.05) is 45.0 Å². The third-order valence-electron chi connectivity index (χ3n) is 4.86. The van der Waals surface area contributed by atoms with Crippen LogP contribution in [-0.4, -0.2) is 22.0 Å². The lowest BCUT2D eigenvalue weighted by Crippen LogP contribution is -2.24. The van der Waals surface area contributed by atoms with Crippen LogP contribution in [0.25, 0.3) is 0 Å². The smallest absolute Gasteiger partial charge is 0.269 e. The highest BCUT2D eigenvalue weighted by Crippen LogP contribution is 2.29. The van der Waals surface area contributed by atoms with Gasteiger partial charge in [-0.05, 0) is 73.9 Å². The van der Waals surface area contributed by atoms with Crippen LogP contribution in [0, 0.1) is 24.0 Å². The number of amides is 2. The van der Waals surface area contributed by atoms with Gasteiger partial charge in [0.1, 0.15) is 0 Å². The molecule has 7 nitrogen and oxygen atoms in total. The maximum atomic E-state index is 12.8. The number of rotatable bonds is 8. The molecule has 0 aromatic heterocycles. The quantitative estimate of drug-likeness (QED) is 0.243. The Bertz CT molecular complexity index is 1160. The van der Waals surface area contributed by atoms with Gasteiger partial charge >= 0.3 is 0 Å². The number of hydrogen-bond acceptors (Lipinski definition) is 5. The maximum Gasteiger partial charge on any atom is 0.269 e. The highest BCUT2D eigenvalue weighted by Gasteiger charge is 2.19. The molecule has 2 amide bonds. The Morgan fingerprint density at radius 2 is 1.61 bits per heavy atom. The fourth-order valence-corrected chi connectivity index (χ4v) is 4.35. The molecule has 0 saturated carbocycles. The number of carbonyl (C=O) groups excluding carboxylic acids is 2. The van der Waals surface area contributed by atoms with Crippen LogP contribution in [0.2, 0.25) is 0 Å². The van der Waals surface area contributed by atoms with Gasteiger partial charge in [-0.15, -0.1) is 11.8 Å². The predicted octanol–water partition coefficient (Wildman–Crippen LogP) is 5.97. The lowest BCUT2D eigenvalue weighted by Gasteiger charge is -2.16. The largest absolute Gasteiger partial charge is 0.325 e. The van der Waals surface area contributed by atoms with E-state index >= 15 is 0 Å². The topological polar surface area (TPSA) is 101 Å². The van der Waals surface area contributed by atoms with E-state index in [0.29, 0.717) is 17.7 Å². The lowest BCUT2D eigenvalue weighted by atomic mass is 10.1. The third kappa shape index (κ3) is 6.66. The first kappa shape index (κ1) is 24.0. The van der Waals surface area contributed by atoms with Gasteiger partial charge in [0, 0.05) is 34.0 Å². The summed E-state index contributed by atoms with van der Waals surface area (Å²) in [7, 11) is 0. The molecule has 0 aliphatic carbocycles. The normalized spacial score (nSPS) is 11.5. The van der Waals surface area contributed by atoms with Gasteiger partial charge in [-0.1, -0.05) is 19.1 Å². The summed E-state index contributed by atoms with van der Waals surface area (Å²) in [6.45, 7) is 5.94. The summed E-state index contributed by atoms with van der Waals surface area (Å²) >= 11 is 1.43. The highest BCUT2D eigenvalue weighted by molar-refractivity contribution is 8.00. The van der Waals surface area contributed by atoms with Crippen molar-refractivity contribution in [1.82, 2.24) is 0 Å². The van der Waals surface area contributed by atoms with Crippen molar-refractivity contribution in [3.8, 4) is 0 Å². The molecule has 0 bridgehead atoms. The molecule has 33 heavy (non-hydrogen) atoms. The van der Waals surface area contributed by atoms with E-state index in [1.54, 1.807) is 12.1 Å². The van der Waals surface area contributed by atoms with E-state index in [4.69, 9.17) is 0 Å². The summed E-state index contributed by atoms with van der Waals surface area (Å²) in [5.41, 5.74) is 3.77. The molecule has 1 unspecified atom stereocenters. The van der Waals surface area contributed by atoms with Crippen molar-refractivity contribution in [1.29, 1.82) is 0 Å². The van der Waals surface area contributed by atoms with Gasteiger partial charge in [-0.3, -0.25) is 19.7 Å². The second kappa shape index (κ2) is 10.8. The molecule has 8 heteroatoms. The number of nitrogens with zero attached hydrogens (tertiary/aromatic N) is 1. The Kier molecular flexibility index (Phi) is 7.84. The average molecular weight is 464 g/mol. The molecule has 0 fully saturated rings. The van der Waals surface area contributed by atoms with Gasteiger partial charge < -0.3 is 10.6 Å². The molecule has 3 aromatic rings. The van der Waals surface area contributed by atoms with Gasteiger partial charge in [0.15, 0.2) is 0 Å². The van der Waals surface area contributed by atoms with Gasteiger partial charge in [-0.25, -0.2) is 0 Å². The van der Waals surface area contributed by atoms with E-state index in [-0.39, 0.29) is 22.8 Å². The van der Waals surface area contributed by atoms with Crippen LogP contribution < -0.4 is 10.6 Å². The Morgan fingerprint density at radius 3 is 2.21 bits per heavy atom. The molecule has 2 N–H and O–H groups in total. The summed E-state index contributed by atoms with van der Waals surface area (Å²) in [4.78, 5) is 36.5. The zero-order chi connectivity index (χ0) is 24.0. The average Bonchev–Trinajstić information content (AvgIpc) is 2.77. The number of aryl methyl sites for hydroxylation is 2. The standard InChI is InChI=1S/C25H25N3O4S/c1-4-23(25(30)27-20-13-16(2)12-17(3)14-20)33-22-7-5-6-19(15-22)26-24(29)18-8-10-21(11-9-18)28(31)32/h5-15,23H,4H2,1-3H3,(H,26,29)(H,27,30). The van der Waals surface area contributed by atoms with Crippen LogP contribution in [0.4, 0.5) is 17.1 Å². The second-order valence-corrected chi connectivity index (χ2v) is 8.94. The molecule has 3 aromatic carbocycles. The highest BCUT2D eigenvalue weighted by atomic mass is 32.2. The number of nitro groups is 1. The van der Waals surface area contributed by atoms with E-state index in [0.717, 1.165) is 21.7 Å².